The normalized spacial score (nSPS) is 13.9. The molecule has 0 bridgehead atoms. The molecule has 1 saturated carbocycles. The Labute approximate surface area is 246 Å². The Kier molecular flexibility index (Phi) is 7.25. The number of carbonyl (C=O) groups excluding carboxylic acids is 1. The standard InChI is InChI=1S/C34H28F3N3O3/c1-3-42-32(41)33(19-20-33)25-17-15-23(16-18-25)22-11-13-24(14-12-22)31-30(21(2)40-43-31)39-29-10-6-9-28(38-29)26-7-4-5-8-27(26)34(35,36)37/h4-18H,3,19-20H2,1-2H3,(H,38,39). The van der Waals surface area contributed by atoms with Gasteiger partial charge in [-0.1, -0.05) is 78.0 Å². The molecule has 6 nitrogen and oxygen atoms in total. The van der Waals surface area contributed by atoms with E-state index in [0.717, 1.165) is 41.2 Å². The van der Waals surface area contributed by atoms with Gasteiger partial charge in [-0.25, -0.2) is 4.98 Å². The molecule has 0 saturated heterocycles. The molecule has 218 valence electrons. The maximum atomic E-state index is 13.6. The Morgan fingerprint density at radius 3 is 2.21 bits per heavy atom. The molecular weight excluding hydrogens is 555 g/mol. The van der Waals surface area contributed by atoms with E-state index >= 15 is 0 Å². The number of alkyl halides is 3. The van der Waals surface area contributed by atoms with Crippen molar-refractivity contribution >= 4 is 17.5 Å². The van der Waals surface area contributed by atoms with Gasteiger partial charge in [-0.3, -0.25) is 4.79 Å². The Hall–Kier alpha value is -4.92. The van der Waals surface area contributed by atoms with E-state index in [0.29, 0.717) is 29.6 Å². The zero-order valence-electron chi connectivity index (χ0n) is 23.5. The van der Waals surface area contributed by atoms with Crippen LogP contribution in [0.4, 0.5) is 24.7 Å². The van der Waals surface area contributed by atoms with Crippen molar-refractivity contribution in [3.8, 4) is 33.7 Å². The summed E-state index contributed by atoms with van der Waals surface area (Å²) in [5.74, 6) is 0.675. The highest BCUT2D eigenvalue weighted by molar-refractivity contribution is 5.87. The number of aryl methyl sites for hydroxylation is 1. The highest BCUT2D eigenvalue weighted by Crippen LogP contribution is 2.49. The lowest BCUT2D eigenvalue weighted by Gasteiger charge is -2.15. The van der Waals surface area contributed by atoms with Crippen LogP contribution in [-0.4, -0.2) is 22.7 Å². The molecule has 1 aliphatic carbocycles. The van der Waals surface area contributed by atoms with Gasteiger partial charge in [-0.05, 0) is 61.6 Å². The number of nitrogens with zero attached hydrogens (tertiary/aromatic N) is 2. The van der Waals surface area contributed by atoms with Crippen molar-refractivity contribution in [2.75, 3.05) is 11.9 Å². The molecule has 1 aliphatic rings. The molecule has 0 aliphatic heterocycles. The molecule has 0 unspecified atom stereocenters. The van der Waals surface area contributed by atoms with Gasteiger partial charge >= 0.3 is 12.1 Å². The van der Waals surface area contributed by atoms with Crippen molar-refractivity contribution in [2.24, 2.45) is 0 Å². The van der Waals surface area contributed by atoms with Gasteiger partial charge in [0, 0.05) is 11.1 Å². The molecule has 1 fully saturated rings. The number of ether oxygens (including phenoxy) is 1. The Bertz CT molecular complexity index is 1770. The molecule has 1 N–H and O–H groups in total. The highest BCUT2D eigenvalue weighted by atomic mass is 19.4. The Morgan fingerprint density at radius 2 is 1.56 bits per heavy atom. The molecule has 2 aromatic heterocycles. The number of nitrogens with one attached hydrogen (secondary N) is 1. The van der Waals surface area contributed by atoms with Crippen molar-refractivity contribution in [1.82, 2.24) is 10.1 Å². The van der Waals surface area contributed by atoms with E-state index in [1.54, 1.807) is 31.2 Å². The molecule has 5 aromatic rings. The number of anilines is 2. The molecule has 9 heteroatoms. The van der Waals surface area contributed by atoms with Crippen molar-refractivity contribution in [2.45, 2.75) is 38.3 Å². The maximum Gasteiger partial charge on any atom is 0.417 e. The number of hydrogen-bond donors (Lipinski definition) is 1. The van der Waals surface area contributed by atoms with E-state index in [1.807, 2.05) is 55.5 Å². The number of hydrogen-bond acceptors (Lipinski definition) is 6. The summed E-state index contributed by atoms with van der Waals surface area (Å²) in [6.45, 7) is 3.96. The summed E-state index contributed by atoms with van der Waals surface area (Å²) >= 11 is 0. The minimum Gasteiger partial charge on any atom is -0.465 e. The number of halogens is 3. The van der Waals surface area contributed by atoms with Crippen LogP contribution >= 0.6 is 0 Å². The average Bonchev–Trinajstić information content (AvgIpc) is 3.76. The van der Waals surface area contributed by atoms with Crippen molar-refractivity contribution in [1.29, 1.82) is 0 Å². The number of esters is 1. The molecule has 2 heterocycles. The van der Waals surface area contributed by atoms with Crippen molar-refractivity contribution in [3.05, 3.63) is 108 Å². The minimum absolute atomic E-state index is 0.00210. The number of rotatable bonds is 8. The quantitative estimate of drug-likeness (QED) is 0.184. The van der Waals surface area contributed by atoms with Gasteiger partial charge in [0.1, 0.15) is 17.2 Å². The predicted octanol–water partition coefficient (Wildman–Crippen LogP) is 8.74. The Morgan fingerprint density at radius 1 is 0.907 bits per heavy atom. The van der Waals surface area contributed by atoms with Crippen molar-refractivity contribution in [3.63, 3.8) is 0 Å². The summed E-state index contributed by atoms with van der Waals surface area (Å²) in [5.41, 5.74) is 3.80. The first kappa shape index (κ1) is 28.2. The summed E-state index contributed by atoms with van der Waals surface area (Å²) < 4.78 is 51.8. The molecule has 43 heavy (non-hydrogen) atoms. The maximum absolute atomic E-state index is 13.6. The van der Waals surface area contributed by atoms with Gasteiger partial charge in [0.2, 0.25) is 0 Å². The van der Waals surface area contributed by atoms with E-state index in [9.17, 15) is 18.0 Å². The van der Waals surface area contributed by atoms with Gasteiger partial charge in [-0.15, -0.1) is 0 Å². The molecule has 3 aromatic carbocycles. The van der Waals surface area contributed by atoms with E-state index in [4.69, 9.17) is 9.26 Å². The molecule has 0 spiro atoms. The topological polar surface area (TPSA) is 77.2 Å². The van der Waals surface area contributed by atoms with Gasteiger partial charge in [0.05, 0.1) is 23.3 Å². The van der Waals surface area contributed by atoms with E-state index in [2.05, 4.69) is 15.5 Å². The van der Waals surface area contributed by atoms with E-state index < -0.39 is 17.2 Å². The lowest BCUT2D eigenvalue weighted by molar-refractivity contribution is -0.146. The Balaban J connectivity index is 1.23. The summed E-state index contributed by atoms with van der Waals surface area (Å²) in [5, 5.41) is 7.30. The second kappa shape index (κ2) is 11.1. The largest absolute Gasteiger partial charge is 0.465 e. The number of pyridine rings is 1. The van der Waals surface area contributed by atoms with E-state index in [-0.39, 0.29) is 17.2 Å². The second-order valence-corrected chi connectivity index (χ2v) is 10.5. The first-order chi connectivity index (χ1) is 20.7. The summed E-state index contributed by atoms with van der Waals surface area (Å²) in [7, 11) is 0. The first-order valence-electron chi connectivity index (χ1n) is 13.9. The third-order valence-electron chi connectivity index (χ3n) is 7.71. The fourth-order valence-corrected chi connectivity index (χ4v) is 5.25. The zero-order chi connectivity index (χ0) is 30.2. The summed E-state index contributed by atoms with van der Waals surface area (Å²) in [4.78, 5) is 16.9. The summed E-state index contributed by atoms with van der Waals surface area (Å²) in [6.07, 6.45) is -2.91. The predicted molar refractivity (Wildman–Crippen MR) is 158 cm³/mol. The van der Waals surface area contributed by atoms with Gasteiger partial charge in [0.15, 0.2) is 5.76 Å². The van der Waals surface area contributed by atoms with Crippen LogP contribution in [0.2, 0.25) is 0 Å². The van der Waals surface area contributed by atoms with Gasteiger partial charge in [0.25, 0.3) is 0 Å². The third-order valence-corrected chi connectivity index (χ3v) is 7.71. The van der Waals surface area contributed by atoms with Crippen LogP contribution in [0.15, 0.2) is 95.5 Å². The number of benzene rings is 3. The van der Waals surface area contributed by atoms with Gasteiger partial charge < -0.3 is 14.6 Å². The van der Waals surface area contributed by atoms with Crippen LogP contribution in [0.3, 0.4) is 0 Å². The first-order valence-corrected chi connectivity index (χ1v) is 13.9. The second-order valence-electron chi connectivity index (χ2n) is 10.5. The fourth-order valence-electron chi connectivity index (χ4n) is 5.25. The SMILES string of the molecule is CCOC(=O)C1(c2ccc(-c3ccc(-c4onc(C)c4Nc4cccc(-c5ccccc5C(F)(F)F)n4)cc3)cc2)CC1. The van der Waals surface area contributed by atoms with E-state index in [1.165, 1.54) is 12.1 Å². The molecule has 0 atom stereocenters. The molecule has 6 rings (SSSR count). The van der Waals surface area contributed by atoms with Crippen LogP contribution in [0.25, 0.3) is 33.7 Å². The highest BCUT2D eigenvalue weighted by Gasteiger charge is 2.52. The molecular formula is C34H28F3N3O3. The average molecular weight is 584 g/mol. The summed E-state index contributed by atoms with van der Waals surface area (Å²) in [6, 6.07) is 26.0. The van der Waals surface area contributed by atoms with Crippen LogP contribution in [-0.2, 0) is 21.1 Å². The van der Waals surface area contributed by atoms with Crippen LogP contribution in [0.5, 0.6) is 0 Å². The number of aromatic nitrogens is 2. The monoisotopic (exact) mass is 583 g/mol. The fraction of sp³-hybridized carbons (Fsp3) is 0.206. The molecule has 0 radical (unpaired) electrons. The lowest BCUT2D eigenvalue weighted by atomic mass is 9.93. The smallest absolute Gasteiger partial charge is 0.417 e. The lowest BCUT2D eigenvalue weighted by Crippen LogP contribution is -2.23. The zero-order valence-corrected chi connectivity index (χ0v) is 23.5. The van der Waals surface area contributed by atoms with Crippen LogP contribution < -0.4 is 5.32 Å². The van der Waals surface area contributed by atoms with Gasteiger partial charge in [-0.2, -0.15) is 13.2 Å². The van der Waals surface area contributed by atoms with Crippen LogP contribution in [0.1, 0.15) is 36.6 Å². The molecule has 0 amide bonds. The minimum atomic E-state index is -4.50. The number of carbonyl (C=O) groups is 1. The van der Waals surface area contributed by atoms with Crippen LogP contribution in [0, 0.1) is 6.92 Å². The van der Waals surface area contributed by atoms with Crippen molar-refractivity contribution < 1.29 is 27.2 Å². The third kappa shape index (κ3) is 5.50.